The first-order valence-electron chi connectivity index (χ1n) is 26.2. The van der Waals surface area contributed by atoms with Crippen LogP contribution in [0, 0.1) is 5.92 Å². The second-order valence-electron chi connectivity index (χ2n) is 20.7. The van der Waals surface area contributed by atoms with Crippen molar-refractivity contribution >= 4 is 41.4 Å². The van der Waals surface area contributed by atoms with Gasteiger partial charge < -0.3 is 46.2 Å². The number of benzene rings is 3. The van der Waals surface area contributed by atoms with Gasteiger partial charge in [-0.25, -0.2) is 9.59 Å². The van der Waals surface area contributed by atoms with Gasteiger partial charge in [0.15, 0.2) is 0 Å². The van der Waals surface area contributed by atoms with Gasteiger partial charge >= 0.3 is 12.1 Å². The average Bonchev–Trinajstić information content (AvgIpc) is 4.01. The molecule has 0 radical (unpaired) electrons. The van der Waals surface area contributed by atoms with Crippen LogP contribution in [0.15, 0.2) is 77.8 Å². The predicted octanol–water partition coefficient (Wildman–Crippen LogP) is 4.98. The number of likely N-dealkylation sites (N-methyl/N-ethyl adjacent to an activating group) is 1. The first-order valence-corrected chi connectivity index (χ1v) is 26.2. The van der Waals surface area contributed by atoms with E-state index in [9.17, 15) is 28.8 Å². The smallest absolute Gasteiger partial charge is 0.317 e. The van der Waals surface area contributed by atoms with E-state index in [1.165, 1.54) is 22.3 Å². The molecule has 2 aliphatic carbocycles. The molecular weight excluding hydrogens is 897 g/mol. The van der Waals surface area contributed by atoms with Crippen LogP contribution in [0.25, 0.3) is 0 Å². The van der Waals surface area contributed by atoms with E-state index in [2.05, 4.69) is 63.0 Å². The zero-order valence-electron chi connectivity index (χ0n) is 41.7. The third kappa shape index (κ3) is 11.3. The Morgan fingerprint density at radius 3 is 2.08 bits per heavy atom. The van der Waals surface area contributed by atoms with Crippen LogP contribution in [-0.4, -0.2) is 137 Å². The molecule has 5 N–H and O–H groups in total. The fourth-order valence-electron chi connectivity index (χ4n) is 12.0. The summed E-state index contributed by atoms with van der Waals surface area (Å²) < 4.78 is 0. The standard InChI is InChI=1S/C55H72N10O6/c1-35-33-62(27-26-42-23-24-49(65(42)52(35)68)51(67)60-47-20-10-16-40-14-5-7-18-45(40)47)54(70)58-30-37-11-8-12-38(29-37)31-59-55(71)63-28-25-41-21-22-43(32-57-46-19-9-15-39-13-4-6-17-44(39)46)64(41)53(69)48(34-63)61-50(66)36(2)56-3/h4-8,11-14,17-18,29,35-36,41-43,47-49,56H,9-10,15-16,19-28,30-34H2,1-3H3,(H,58,70)(H,59,71)(H,60,67)(H,61,66). The van der Waals surface area contributed by atoms with Gasteiger partial charge in [-0.3, -0.25) is 24.2 Å². The van der Waals surface area contributed by atoms with Gasteiger partial charge in [0.2, 0.25) is 23.6 Å². The number of urea groups is 2. The lowest BCUT2D eigenvalue weighted by atomic mass is 9.87. The highest BCUT2D eigenvalue weighted by molar-refractivity contribution is 6.02. The van der Waals surface area contributed by atoms with Gasteiger partial charge in [-0.2, -0.15) is 0 Å². The molecule has 8 unspecified atom stereocenters. The first kappa shape index (κ1) is 49.7. The van der Waals surface area contributed by atoms with Gasteiger partial charge in [-0.05, 0) is 124 Å². The van der Waals surface area contributed by atoms with Crippen LogP contribution >= 0.6 is 0 Å². The van der Waals surface area contributed by atoms with Crippen LogP contribution in [0.3, 0.4) is 0 Å². The number of nitrogens with zero attached hydrogens (tertiary/aromatic N) is 5. The summed E-state index contributed by atoms with van der Waals surface area (Å²) in [6.07, 6.45) is 10.0. The molecule has 4 fully saturated rings. The number of aryl methyl sites for hydroxylation is 2. The van der Waals surface area contributed by atoms with Gasteiger partial charge in [0, 0.05) is 50.5 Å². The van der Waals surface area contributed by atoms with Crippen molar-refractivity contribution in [2.45, 2.75) is 146 Å². The van der Waals surface area contributed by atoms with E-state index in [-0.39, 0.29) is 86.0 Å². The highest BCUT2D eigenvalue weighted by Gasteiger charge is 2.45. The molecule has 9 rings (SSSR count). The molecule has 0 saturated carbocycles. The first-order chi connectivity index (χ1) is 34.4. The molecule has 6 aliphatic rings. The Bertz CT molecular complexity index is 2500. The van der Waals surface area contributed by atoms with E-state index in [1.54, 1.807) is 23.8 Å². The highest BCUT2D eigenvalue weighted by Crippen LogP contribution is 2.34. The topological polar surface area (TPSA) is 188 Å². The molecular formula is C55H72N10O6. The number of amides is 8. The Labute approximate surface area is 418 Å². The molecule has 4 heterocycles. The molecule has 378 valence electrons. The van der Waals surface area contributed by atoms with E-state index < -0.39 is 24.0 Å². The zero-order chi connectivity index (χ0) is 49.6. The van der Waals surface area contributed by atoms with Gasteiger partial charge in [0.25, 0.3) is 0 Å². The Morgan fingerprint density at radius 2 is 1.34 bits per heavy atom. The Balaban J connectivity index is 0.779. The number of rotatable bonds is 11. The number of nitrogens with one attached hydrogen (secondary N) is 5. The molecule has 16 heteroatoms. The van der Waals surface area contributed by atoms with Crippen LogP contribution in [0.1, 0.15) is 117 Å². The maximum atomic E-state index is 14.5. The van der Waals surface area contributed by atoms with Gasteiger partial charge in [0.1, 0.15) is 12.1 Å². The molecule has 0 aromatic heterocycles. The molecule has 8 amide bonds. The monoisotopic (exact) mass is 969 g/mol. The molecule has 16 nitrogen and oxygen atoms in total. The number of hydrogen-bond acceptors (Lipinski definition) is 8. The maximum Gasteiger partial charge on any atom is 0.317 e. The molecule has 0 spiro atoms. The van der Waals surface area contributed by atoms with Crippen molar-refractivity contribution in [1.82, 2.24) is 46.2 Å². The molecule has 0 bridgehead atoms. The Morgan fingerprint density at radius 1 is 0.676 bits per heavy atom. The normalized spacial score (nSPS) is 26.4. The molecule has 3 aromatic rings. The number of carbonyl (C=O) groups is 6. The number of hydrogen-bond donors (Lipinski definition) is 5. The Kier molecular flexibility index (Phi) is 15.7. The fraction of sp³-hybridized carbons (Fsp3) is 0.545. The zero-order valence-corrected chi connectivity index (χ0v) is 41.7. The van der Waals surface area contributed by atoms with Gasteiger partial charge in [-0.1, -0.05) is 79.7 Å². The summed E-state index contributed by atoms with van der Waals surface area (Å²) in [7, 11) is 1.70. The molecule has 71 heavy (non-hydrogen) atoms. The van der Waals surface area contributed by atoms with Crippen LogP contribution < -0.4 is 26.6 Å². The maximum absolute atomic E-state index is 14.5. The second-order valence-corrected chi connectivity index (χ2v) is 20.7. The van der Waals surface area contributed by atoms with E-state index in [0.717, 1.165) is 68.2 Å². The fourth-order valence-corrected chi connectivity index (χ4v) is 12.0. The van der Waals surface area contributed by atoms with Gasteiger partial charge in [0.05, 0.1) is 37.1 Å². The summed E-state index contributed by atoms with van der Waals surface area (Å²) in [5.41, 5.74) is 7.74. The summed E-state index contributed by atoms with van der Waals surface area (Å²) in [4.78, 5) is 95.5. The lowest BCUT2D eigenvalue weighted by molar-refractivity contribution is -0.144. The lowest BCUT2D eigenvalue weighted by Crippen LogP contribution is -2.61. The number of aliphatic imine (C=N–C) groups is 1. The minimum atomic E-state index is -0.928. The minimum Gasteiger partial charge on any atom is -0.347 e. The molecule has 8 atom stereocenters. The summed E-state index contributed by atoms with van der Waals surface area (Å²) in [5, 5.41) is 15.3. The van der Waals surface area contributed by atoms with E-state index in [0.29, 0.717) is 45.3 Å². The third-order valence-corrected chi connectivity index (χ3v) is 16.0. The third-order valence-electron chi connectivity index (χ3n) is 16.0. The second kappa shape index (κ2) is 22.4. The molecule has 3 aromatic carbocycles. The van der Waals surface area contributed by atoms with Gasteiger partial charge in [-0.15, -0.1) is 0 Å². The summed E-state index contributed by atoms with van der Waals surface area (Å²) >= 11 is 0. The van der Waals surface area contributed by atoms with Crippen molar-refractivity contribution in [1.29, 1.82) is 0 Å². The van der Waals surface area contributed by atoms with E-state index in [1.807, 2.05) is 53.1 Å². The van der Waals surface area contributed by atoms with Crippen molar-refractivity contribution in [3.63, 3.8) is 0 Å². The summed E-state index contributed by atoms with van der Waals surface area (Å²) in [5.74, 6) is -1.15. The largest absolute Gasteiger partial charge is 0.347 e. The molecule has 4 aliphatic heterocycles. The van der Waals surface area contributed by atoms with Crippen molar-refractivity contribution in [3.05, 3.63) is 106 Å². The van der Waals surface area contributed by atoms with Crippen molar-refractivity contribution in [3.8, 4) is 0 Å². The van der Waals surface area contributed by atoms with E-state index in [4.69, 9.17) is 4.99 Å². The van der Waals surface area contributed by atoms with E-state index >= 15 is 0 Å². The van der Waals surface area contributed by atoms with Crippen molar-refractivity contribution in [2.75, 3.05) is 39.8 Å². The lowest BCUT2D eigenvalue weighted by Gasteiger charge is -2.39. The van der Waals surface area contributed by atoms with Crippen LogP contribution in [-0.2, 0) is 45.1 Å². The minimum absolute atomic E-state index is 0.0298. The van der Waals surface area contributed by atoms with Crippen molar-refractivity contribution < 1.29 is 28.8 Å². The van der Waals surface area contributed by atoms with Crippen molar-refractivity contribution in [2.24, 2.45) is 10.9 Å². The Hall–Kier alpha value is -6.29. The van der Waals surface area contributed by atoms with Crippen LogP contribution in [0.4, 0.5) is 9.59 Å². The highest BCUT2D eigenvalue weighted by atomic mass is 16.2. The molecule has 4 saturated heterocycles. The van der Waals surface area contributed by atoms with Crippen LogP contribution in [0.5, 0.6) is 0 Å². The number of carbonyl (C=O) groups excluding carboxylic acids is 6. The summed E-state index contributed by atoms with van der Waals surface area (Å²) in [6.45, 7) is 5.71. The van der Waals surface area contributed by atoms with Crippen LogP contribution in [0.2, 0.25) is 0 Å². The average molecular weight is 969 g/mol. The SMILES string of the molecule is CNC(C)C(=O)NC1CN(C(=O)NCc2cccc(CNC(=O)N3CCC4CCC(C(=O)NC5CCCc6ccccc65)N4C(=O)C(C)C3)c2)CCC2CCC(CN=C3CCCc4ccccc43)N2C1=O. The summed E-state index contributed by atoms with van der Waals surface area (Å²) in [6, 6.07) is 21.5. The predicted molar refractivity (Wildman–Crippen MR) is 271 cm³/mol. The number of fused-ring (bicyclic) bond motifs is 4. The quantitative estimate of drug-likeness (QED) is 0.179.